The highest BCUT2D eigenvalue weighted by molar-refractivity contribution is 7.98. The minimum atomic E-state index is 0.702. The van der Waals surface area contributed by atoms with Gasteiger partial charge in [0.15, 0.2) is 5.16 Å². The van der Waals surface area contributed by atoms with Gasteiger partial charge < -0.3 is 4.57 Å². The number of benzene rings is 2. The summed E-state index contributed by atoms with van der Waals surface area (Å²) in [7, 11) is 0. The molecule has 2 nitrogen and oxygen atoms in total. The number of aromatic nitrogens is 2. The topological polar surface area (TPSA) is 17.8 Å². The second kappa shape index (κ2) is 7.23. The van der Waals surface area contributed by atoms with Gasteiger partial charge in [-0.15, -0.1) is 0 Å². The Balaban J connectivity index is 1.71. The van der Waals surface area contributed by atoms with E-state index < -0.39 is 0 Å². The average molecular weight is 349 g/mol. The van der Waals surface area contributed by atoms with Crippen LogP contribution in [-0.2, 0) is 12.3 Å². The molecule has 0 aliphatic carbocycles. The summed E-state index contributed by atoms with van der Waals surface area (Å²) in [4.78, 5) is 4.43. The SMILES string of the molecule is Clc1ccc(Cl)c(CSc2nccn2Cc2ccccc2)c1. The Kier molecular flexibility index (Phi) is 5.08. The van der Waals surface area contributed by atoms with E-state index in [1.165, 1.54) is 5.56 Å². The molecule has 0 aliphatic rings. The maximum atomic E-state index is 6.21. The summed E-state index contributed by atoms with van der Waals surface area (Å²) in [6.45, 7) is 0.812. The third-order valence-corrected chi connectivity index (χ3v) is 4.89. The van der Waals surface area contributed by atoms with E-state index in [0.717, 1.165) is 28.0 Å². The van der Waals surface area contributed by atoms with Crippen LogP contribution in [0, 0.1) is 0 Å². The molecule has 0 N–H and O–H groups in total. The lowest BCUT2D eigenvalue weighted by Gasteiger charge is -2.08. The molecule has 0 atom stereocenters. The maximum absolute atomic E-state index is 6.21. The van der Waals surface area contributed by atoms with Gasteiger partial charge in [-0.2, -0.15) is 0 Å². The summed E-state index contributed by atoms with van der Waals surface area (Å²) < 4.78 is 2.14. The van der Waals surface area contributed by atoms with E-state index in [1.54, 1.807) is 17.8 Å². The predicted molar refractivity (Wildman–Crippen MR) is 93.8 cm³/mol. The number of nitrogens with zero attached hydrogens (tertiary/aromatic N) is 2. The molecule has 3 aromatic rings. The van der Waals surface area contributed by atoms with Crippen LogP contribution in [0.25, 0.3) is 0 Å². The van der Waals surface area contributed by atoms with E-state index in [0.29, 0.717) is 5.02 Å². The van der Waals surface area contributed by atoms with Crippen molar-refractivity contribution in [3.05, 3.63) is 82.1 Å². The summed E-state index contributed by atoms with van der Waals surface area (Å²) in [6.07, 6.45) is 3.82. The van der Waals surface area contributed by atoms with Gasteiger partial charge in [0.05, 0.1) is 0 Å². The Bertz CT molecular complexity index is 756. The van der Waals surface area contributed by atoms with Crippen molar-refractivity contribution in [3.63, 3.8) is 0 Å². The quantitative estimate of drug-likeness (QED) is 0.564. The molecule has 22 heavy (non-hydrogen) atoms. The number of thioether (sulfide) groups is 1. The molecule has 0 saturated heterocycles. The van der Waals surface area contributed by atoms with Crippen molar-refractivity contribution in [2.75, 3.05) is 0 Å². The summed E-state index contributed by atoms with van der Waals surface area (Å²) in [5, 5.41) is 2.41. The van der Waals surface area contributed by atoms with Gasteiger partial charge in [0.1, 0.15) is 0 Å². The molecule has 0 amide bonds. The lowest BCUT2D eigenvalue weighted by Crippen LogP contribution is -2.00. The van der Waals surface area contributed by atoms with Gasteiger partial charge in [0, 0.05) is 34.7 Å². The summed E-state index contributed by atoms with van der Waals surface area (Å²) in [5.74, 6) is 0.741. The zero-order valence-electron chi connectivity index (χ0n) is 11.7. The molecule has 1 heterocycles. The van der Waals surface area contributed by atoms with Gasteiger partial charge in [-0.05, 0) is 29.3 Å². The van der Waals surface area contributed by atoms with Crippen molar-refractivity contribution in [2.45, 2.75) is 17.5 Å². The van der Waals surface area contributed by atoms with E-state index in [4.69, 9.17) is 23.2 Å². The molecule has 0 bridgehead atoms. The van der Waals surface area contributed by atoms with Gasteiger partial charge in [0.25, 0.3) is 0 Å². The maximum Gasteiger partial charge on any atom is 0.168 e. The first kappa shape index (κ1) is 15.5. The van der Waals surface area contributed by atoms with Crippen molar-refractivity contribution in [2.24, 2.45) is 0 Å². The van der Waals surface area contributed by atoms with Crippen LogP contribution in [0.2, 0.25) is 10.0 Å². The molecule has 0 radical (unpaired) electrons. The summed E-state index contributed by atoms with van der Waals surface area (Å²) in [5.41, 5.74) is 2.27. The van der Waals surface area contributed by atoms with E-state index in [-0.39, 0.29) is 0 Å². The fraction of sp³-hybridized carbons (Fsp3) is 0.118. The number of hydrogen-bond donors (Lipinski definition) is 0. The molecule has 1 aromatic heterocycles. The number of halogens is 2. The third-order valence-electron chi connectivity index (χ3n) is 3.24. The van der Waals surface area contributed by atoms with Crippen LogP contribution in [0.5, 0.6) is 0 Å². The van der Waals surface area contributed by atoms with Crippen LogP contribution in [0.1, 0.15) is 11.1 Å². The van der Waals surface area contributed by atoms with Gasteiger partial charge in [-0.3, -0.25) is 0 Å². The Labute approximate surface area is 144 Å². The average Bonchev–Trinajstić information content (AvgIpc) is 2.96. The second-order valence-corrected chi connectivity index (χ2v) is 6.63. The Morgan fingerprint density at radius 1 is 1.05 bits per heavy atom. The van der Waals surface area contributed by atoms with Crippen LogP contribution in [0.3, 0.4) is 0 Å². The smallest absolute Gasteiger partial charge is 0.168 e. The van der Waals surface area contributed by atoms with Gasteiger partial charge in [-0.1, -0.05) is 65.3 Å². The van der Waals surface area contributed by atoms with Crippen LogP contribution in [0.4, 0.5) is 0 Å². The van der Waals surface area contributed by atoms with E-state index in [9.17, 15) is 0 Å². The minimum absolute atomic E-state index is 0.702. The monoisotopic (exact) mass is 348 g/mol. The molecule has 112 valence electrons. The Morgan fingerprint density at radius 3 is 2.68 bits per heavy atom. The van der Waals surface area contributed by atoms with Crippen molar-refractivity contribution in [1.29, 1.82) is 0 Å². The normalized spacial score (nSPS) is 10.8. The molecule has 0 aliphatic heterocycles. The first-order valence-electron chi connectivity index (χ1n) is 6.84. The molecule has 3 rings (SSSR count). The summed E-state index contributed by atoms with van der Waals surface area (Å²) in [6, 6.07) is 15.9. The molecular weight excluding hydrogens is 335 g/mol. The third kappa shape index (κ3) is 3.86. The minimum Gasteiger partial charge on any atom is -0.322 e. The van der Waals surface area contributed by atoms with Crippen LogP contribution in [-0.4, -0.2) is 9.55 Å². The van der Waals surface area contributed by atoms with Gasteiger partial charge in [0.2, 0.25) is 0 Å². The summed E-state index contributed by atoms with van der Waals surface area (Å²) >= 11 is 13.9. The highest BCUT2D eigenvalue weighted by Gasteiger charge is 2.07. The molecule has 0 saturated carbocycles. The number of imidazole rings is 1. The first-order valence-corrected chi connectivity index (χ1v) is 8.58. The van der Waals surface area contributed by atoms with Gasteiger partial charge >= 0.3 is 0 Å². The van der Waals surface area contributed by atoms with Crippen LogP contribution < -0.4 is 0 Å². The zero-order valence-corrected chi connectivity index (χ0v) is 14.1. The fourth-order valence-corrected chi connectivity index (χ4v) is 3.54. The molecule has 0 fully saturated rings. The number of rotatable bonds is 5. The molecular formula is C17H14Cl2N2S. The highest BCUT2D eigenvalue weighted by atomic mass is 35.5. The molecule has 0 spiro atoms. The first-order chi connectivity index (χ1) is 10.7. The van der Waals surface area contributed by atoms with Crippen LogP contribution >= 0.6 is 35.0 Å². The molecule has 2 aromatic carbocycles. The largest absolute Gasteiger partial charge is 0.322 e. The molecule has 5 heteroatoms. The van der Waals surface area contributed by atoms with Crippen LogP contribution in [0.15, 0.2) is 66.1 Å². The Morgan fingerprint density at radius 2 is 1.86 bits per heavy atom. The predicted octanol–water partition coefficient (Wildman–Crippen LogP) is 5.53. The van der Waals surface area contributed by atoms with E-state index >= 15 is 0 Å². The van der Waals surface area contributed by atoms with Crippen molar-refractivity contribution in [1.82, 2.24) is 9.55 Å². The lowest BCUT2D eigenvalue weighted by molar-refractivity contribution is 0.708. The number of hydrogen-bond acceptors (Lipinski definition) is 2. The lowest BCUT2D eigenvalue weighted by atomic mass is 10.2. The van der Waals surface area contributed by atoms with E-state index in [1.807, 2.05) is 42.7 Å². The highest BCUT2D eigenvalue weighted by Crippen LogP contribution is 2.28. The molecule has 0 unspecified atom stereocenters. The van der Waals surface area contributed by atoms with Gasteiger partial charge in [-0.25, -0.2) is 4.98 Å². The zero-order chi connectivity index (χ0) is 15.4. The van der Waals surface area contributed by atoms with Crippen molar-refractivity contribution >= 4 is 35.0 Å². The van der Waals surface area contributed by atoms with Crippen molar-refractivity contribution < 1.29 is 0 Å². The standard InChI is InChI=1S/C17H14Cl2N2S/c18-15-6-7-16(19)14(10-15)12-22-17-20-8-9-21(17)11-13-4-2-1-3-5-13/h1-10H,11-12H2. The van der Waals surface area contributed by atoms with Crippen molar-refractivity contribution in [3.8, 4) is 0 Å². The van der Waals surface area contributed by atoms with E-state index in [2.05, 4.69) is 21.7 Å². The second-order valence-electron chi connectivity index (χ2n) is 4.85. The Hall–Kier alpha value is -1.42. The fourth-order valence-electron chi connectivity index (χ4n) is 2.13.